The van der Waals surface area contributed by atoms with Crippen LogP contribution in [0.25, 0.3) is 66.7 Å². The van der Waals surface area contributed by atoms with Gasteiger partial charge in [0.15, 0.2) is 0 Å². The van der Waals surface area contributed by atoms with Crippen molar-refractivity contribution in [2.75, 3.05) is 4.90 Å². The lowest BCUT2D eigenvalue weighted by molar-refractivity contribution is 0.635. The largest absolute Gasteiger partial charge is 0.309 e. The molecule has 3 heteroatoms. The molecular formula is C50H33F2N. The quantitative estimate of drug-likeness (QED) is 0.119. The monoisotopic (exact) mass is 685 g/mol. The minimum Gasteiger partial charge on any atom is -0.309 e. The summed E-state index contributed by atoms with van der Waals surface area (Å²) >= 11 is 0. The molecule has 0 heterocycles. The van der Waals surface area contributed by atoms with Crippen LogP contribution >= 0.6 is 0 Å². The summed E-state index contributed by atoms with van der Waals surface area (Å²) in [6.07, 6.45) is 3.96. The summed E-state index contributed by atoms with van der Waals surface area (Å²) < 4.78 is 30.7. The summed E-state index contributed by atoms with van der Waals surface area (Å²) in [5.41, 5.74) is 9.60. The van der Waals surface area contributed by atoms with Crippen LogP contribution in [0, 0.1) is 11.6 Å². The van der Waals surface area contributed by atoms with Crippen LogP contribution in [-0.4, -0.2) is 0 Å². The van der Waals surface area contributed by atoms with Crippen molar-refractivity contribution in [2.45, 2.75) is 0 Å². The Labute approximate surface area is 307 Å². The van der Waals surface area contributed by atoms with Crippen molar-refractivity contribution in [2.24, 2.45) is 0 Å². The van der Waals surface area contributed by atoms with Crippen LogP contribution in [0.1, 0.15) is 11.1 Å². The molecule has 0 aliphatic carbocycles. The van der Waals surface area contributed by atoms with Gasteiger partial charge in [0.05, 0.1) is 11.4 Å². The fourth-order valence-corrected chi connectivity index (χ4v) is 7.35. The molecule has 53 heavy (non-hydrogen) atoms. The highest BCUT2D eigenvalue weighted by molar-refractivity contribution is 6.01. The standard InChI is InChI=1S/C50H33F2N/c51-49-43-19-7-8-20-44(43)50(52)46-32-35(26-30-45(46)49)24-23-34-25-27-39-33-40(29-28-38(39)31-34)53(47-21-11-9-17-41(47)36-13-3-1-4-14-36)48-22-12-10-18-42(48)37-15-5-2-6-16-37/h1-33H. The van der Waals surface area contributed by atoms with Gasteiger partial charge in [0.2, 0.25) is 0 Å². The Kier molecular flexibility index (Phi) is 8.30. The molecule has 1 nitrogen and oxygen atoms in total. The fraction of sp³-hybridized carbons (Fsp3) is 0. The molecule has 0 saturated heterocycles. The molecular weight excluding hydrogens is 653 g/mol. The van der Waals surface area contributed by atoms with Gasteiger partial charge in [-0.1, -0.05) is 164 Å². The van der Waals surface area contributed by atoms with Crippen molar-refractivity contribution in [3.63, 3.8) is 0 Å². The third kappa shape index (κ3) is 6.03. The maximum atomic E-state index is 15.5. The molecule has 0 radical (unpaired) electrons. The number of benzene rings is 9. The van der Waals surface area contributed by atoms with Gasteiger partial charge in [-0.2, -0.15) is 0 Å². The van der Waals surface area contributed by atoms with Gasteiger partial charge in [-0.3, -0.25) is 0 Å². The van der Waals surface area contributed by atoms with Gasteiger partial charge in [-0.05, 0) is 69.4 Å². The summed E-state index contributed by atoms with van der Waals surface area (Å²) in [6, 6.07) is 63.1. The zero-order chi connectivity index (χ0) is 35.7. The molecule has 0 unspecified atom stereocenters. The second-order valence-corrected chi connectivity index (χ2v) is 13.2. The molecule has 0 amide bonds. The predicted molar refractivity (Wildman–Crippen MR) is 220 cm³/mol. The Morgan fingerprint density at radius 3 is 1.43 bits per heavy atom. The van der Waals surface area contributed by atoms with Gasteiger partial charge >= 0.3 is 0 Å². The summed E-state index contributed by atoms with van der Waals surface area (Å²) in [5, 5.41) is 3.35. The van der Waals surface area contributed by atoms with Gasteiger partial charge in [-0.25, -0.2) is 8.78 Å². The molecule has 9 aromatic rings. The Bertz CT molecular complexity index is 2720. The molecule has 9 aromatic carbocycles. The molecule has 0 atom stereocenters. The number of fused-ring (bicyclic) bond motifs is 3. The maximum Gasteiger partial charge on any atom is 0.139 e. The zero-order valence-electron chi connectivity index (χ0n) is 28.8. The third-order valence-corrected chi connectivity index (χ3v) is 9.95. The fourth-order valence-electron chi connectivity index (χ4n) is 7.35. The van der Waals surface area contributed by atoms with Crippen molar-refractivity contribution in [1.82, 2.24) is 0 Å². The normalized spacial score (nSPS) is 11.5. The number of para-hydroxylation sites is 2. The van der Waals surface area contributed by atoms with E-state index in [9.17, 15) is 0 Å². The first-order valence-corrected chi connectivity index (χ1v) is 17.7. The van der Waals surface area contributed by atoms with Crippen LogP contribution in [0.3, 0.4) is 0 Å². The van der Waals surface area contributed by atoms with Gasteiger partial charge < -0.3 is 4.90 Å². The molecule has 0 N–H and O–H groups in total. The molecule has 0 aliphatic rings. The Morgan fingerprint density at radius 1 is 0.358 bits per heavy atom. The second-order valence-electron chi connectivity index (χ2n) is 13.2. The highest BCUT2D eigenvalue weighted by Gasteiger charge is 2.20. The lowest BCUT2D eigenvalue weighted by atomic mass is 9.98. The summed E-state index contributed by atoms with van der Waals surface area (Å²) in [4.78, 5) is 2.36. The average molecular weight is 686 g/mol. The molecule has 252 valence electrons. The number of halogens is 2. The van der Waals surface area contributed by atoms with Crippen molar-refractivity contribution in [3.05, 3.63) is 211 Å². The van der Waals surface area contributed by atoms with Crippen LogP contribution < -0.4 is 4.90 Å². The first-order valence-electron chi connectivity index (χ1n) is 17.7. The molecule has 9 rings (SSSR count). The van der Waals surface area contributed by atoms with Gasteiger partial charge in [-0.15, -0.1) is 0 Å². The van der Waals surface area contributed by atoms with Gasteiger partial charge in [0.25, 0.3) is 0 Å². The first-order chi connectivity index (χ1) is 26.1. The SMILES string of the molecule is Fc1c2ccccc2c(F)c2cc(C=Cc3ccc4cc(N(c5ccccc5-c5ccccc5)c5ccccc5-c5ccccc5)ccc4c3)ccc12. The summed E-state index contributed by atoms with van der Waals surface area (Å²) in [6.45, 7) is 0. The van der Waals surface area contributed by atoms with Crippen molar-refractivity contribution < 1.29 is 8.78 Å². The van der Waals surface area contributed by atoms with Gasteiger partial charge in [0.1, 0.15) is 11.6 Å². The number of hydrogen-bond acceptors (Lipinski definition) is 1. The highest BCUT2D eigenvalue weighted by atomic mass is 19.1. The molecule has 0 aromatic heterocycles. The van der Waals surface area contributed by atoms with E-state index in [1.807, 2.05) is 30.4 Å². The van der Waals surface area contributed by atoms with E-state index in [0.29, 0.717) is 10.8 Å². The van der Waals surface area contributed by atoms with Gasteiger partial charge in [0, 0.05) is 38.4 Å². The van der Waals surface area contributed by atoms with Crippen LogP contribution in [-0.2, 0) is 0 Å². The molecule has 0 bridgehead atoms. The van der Waals surface area contributed by atoms with E-state index in [1.165, 1.54) is 0 Å². The lowest BCUT2D eigenvalue weighted by Gasteiger charge is -2.30. The Hall–Kier alpha value is -6.84. The summed E-state index contributed by atoms with van der Waals surface area (Å²) in [5.74, 6) is -0.798. The molecule has 0 fully saturated rings. The number of hydrogen-bond donors (Lipinski definition) is 0. The summed E-state index contributed by atoms with van der Waals surface area (Å²) in [7, 11) is 0. The molecule has 0 saturated carbocycles. The average Bonchev–Trinajstić information content (AvgIpc) is 3.23. The van der Waals surface area contributed by atoms with Crippen molar-refractivity contribution in [3.8, 4) is 22.3 Å². The molecule has 0 spiro atoms. The predicted octanol–water partition coefficient (Wildman–Crippen LogP) is 14.4. The Morgan fingerprint density at radius 2 is 0.811 bits per heavy atom. The number of rotatable bonds is 7. The van der Waals surface area contributed by atoms with E-state index < -0.39 is 11.6 Å². The van der Waals surface area contributed by atoms with Crippen LogP contribution in [0.15, 0.2) is 188 Å². The second kappa shape index (κ2) is 13.7. The van der Waals surface area contributed by atoms with E-state index in [2.05, 4.69) is 138 Å². The topological polar surface area (TPSA) is 3.24 Å². The van der Waals surface area contributed by atoms with Crippen molar-refractivity contribution >= 4 is 61.5 Å². The maximum absolute atomic E-state index is 15.5. The zero-order valence-corrected chi connectivity index (χ0v) is 28.8. The number of nitrogens with zero attached hydrogens (tertiary/aromatic N) is 1. The first kappa shape index (κ1) is 32.1. The van der Waals surface area contributed by atoms with Crippen LogP contribution in [0.4, 0.5) is 25.8 Å². The highest BCUT2D eigenvalue weighted by Crippen LogP contribution is 2.45. The van der Waals surface area contributed by atoms with E-state index in [-0.39, 0.29) is 10.8 Å². The van der Waals surface area contributed by atoms with E-state index >= 15 is 8.78 Å². The minimum atomic E-state index is -0.402. The minimum absolute atomic E-state index is 0.279. The number of anilines is 3. The van der Waals surface area contributed by atoms with E-state index in [0.717, 1.165) is 61.2 Å². The third-order valence-electron chi connectivity index (χ3n) is 9.95. The smallest absolute Gasteiger partial charge is 0.139 e. The van der Waals surface area contributed by atoms with E-state index in [4.69, 9.17) is 0 Å². The Balaban J connectivity index is 1.11. The molecule has 0 aliphatic heterocycles. The van der Waals surface area contributed by atoms with Crippen LogP contribution in [0.5, 0.6) is 0 Å². The van der Waals surface area contributed by atoms with Crippen LogP contribution in [0.2, 0.25) is 0 Å². The van der Waals surface area contributed by atoms with Crippen molar-refractivity contribution in [1.29, 1.82) is 0 Å². The lowest BCUT2D eigenvalue weighted by Crippen LogP contribution is -2.12. The van der Waals surface area contributed by atoms with E-state index in [1.54, 1.807) is 36.4 Å².